The number of rotatable bonds is 8. The van der Waals surface area contributed by atoms with Gasteiger partial charge in [0, 0.05) is 24.2 Å². The maximum Gasteiger partial charge on any atom is 0.220 e. The third kappa shape index (κ3) is 4.76. The SMILES string of the molecule is Cc1nn(Cc2ccccc2)c(C)c1CNC(=O)CCCc1nc2ccccc2s1. The highest BCUT2D eigenvalue weighted by molar-refractivity contribution is 7.18. The fourth-order valence-corrected chi connectivity index (χ4v) is 4.61. The van der Waals surface area contributed by atoms with E-state index in [2.05, 4.69) is 40.5 Å². The zero-order chi connectivity index (χ0) is 20.9. The average Bonchev–Trinajstić information content (AvgIpc) is 3.27. The summed E-state index contributed by atoms with van der Waals surface area (Å²) in [6, 6.07) is 18.5. The van der Waals surface area contributed by atoms with Crippen molar-refractivity contribution >= 4 is 27.5 Å². The fourth-order valence-electron chi connectivity index (χ4n) is 3.60. The maximum atomic E-state index is 12.3. The Bertz CT molecular complexity index is 1110. The number of thiazole rings is 1. The number of hydrogen-bond acceptors (Lipinski definition) is 4. The molecule has 4 rings (SSSR count). The zero-order valence-corrected chi connectivity index (χ0v) is 18.2. The number of carbonyl (C=O) groups is 1. The van der Waals surface area contributed by atoms with Crippen LogP contribution in [0.25, 0.3) is 10.2 Å². The molecule has 2 aromatic heterocycles. The fraction of sp³-hybridized carbons (Fsp3) is 0.292. The van der Waals surface area contributed by atoms with Gasteiger partial charge in [-0.3, -0.25) is 9.48 Å². The molecule has 0 unspecified atom stereocenters. The van der Waals surface area contributed by atoms with E-state index in [1.807, 2.05) is 48.0 Å². The van der Waals surface area contributed by atoms with E-state index in [4.69, 9.17) is 0 Å². The van der Waals surface area contributed by atoms with Crippen molar-refractivity contribution in [2.24, 2.45) is 0 Å². The molecule has 0 saturated heterocycles. The summed E-state index contributed by atoms with van der Waals surface area (Å²) < 4.78 is 3.22. The molecule has 0 aliphatic rings. The molecule has 30 heavy (non-hydrogen) atoms. The highest BCUT2D eigenvalue weighted by atomic mass is 32.1. The summed E-state index contributed by atoms with van der Waals surface area (Å²) >= 11 is 1.71. The first kappa shape index (κ1) is 20.3. The molecule has 0 aliphatic heterocycles. The van der Waals surface area contributed by atoms with Gasteiger partial charge in [0.15, 0.2) is 0 Å². The molecule has 5 nitrogen and oxygen atoms in total. The smallest absolute Gasteiger partial charge is 0.220 e. The molecule has 0 aliphatic carbocycles. The van der Waals surface area contributed by atoms with E-state index in [-0.39, 0.29) is 5.91 Å². The van der Waals surface area contributed by atoms with E-state index < -0.39 is 0 Å². The lowest BCUT2D eigenvalue weighted by molar-refractivity contribution is -0.121. The Labute approximate surface area is 180 Å². The number of para-hydroxylation sites is 1. The van der Waals surface area contributed by atoms with Gasteiger partial charge >= 0.3 is 0 Å². The summed E-state index contributed by atoms with van der Waals surface area (Å²) in [6.45, 7) is 5.33. The number of carbonyl (C=O) groups excluding carboxylic acids is 1. The third-order valence-electron chi connectivity index (χ3n) is 5.30. The van der Waals surface area contributed by atoms with Crippen molar-refractivity contribution in [1.29, 1.82) is 0 Å². The van der Waals surface area contributed by atoms with E-state index in [0.29, 0.717) is 13.0 Å². The number of aromatic nitrogens is 3. The van der Waals surface area contributed by atoms with Crippen LogP contribution in [-0.2, 0) is 24.3 Å². The topological polar surface area (TPSA) is 59.8 Å². The second kappa shape index (κ2) is 9.22. The van der Waals surface area contributed by atoms with Crippen molar-refractivity contribution in [2.45, 2.75) is 46.2 Å². The van der Waals surface area contributed by atoms with Gasteiger partial charge in [0.1, 0.15) is 0 Å². The molecule has 0 fully saturated rings. The van der Waals surface area contributed by atoms with Gasteiger partial charge in [-0.05, 0) is 44.4 Å². The first-order chi connectivity index (χ1) is 14.6. The van der Waals surface area contributed by atoms with Gasteiger partial charge in [-0.2, -0.15) is 5.10 Å². The van der Waals surface area contributed by atoms with Gasteiger partial charge < -0.3 is 5.32 Å². The van der Waals surface area contributed by atoms with Gasteiger partial charge in [-0.15, -0.1) is 11.3 Å². The minimum atomic E-state index is 0.0747. The van der Waals surface area contributed by atoms with Crippen LogP contribution in [0, 0.1) is 13.8 Å². The molecule has 154 valence electrons. The van der Waals surface area contributed by atoms with Crippen LogP contribution >= 0.6 is 11.3 Å². The molecule has 2 aromatic carbocycles. The van der Waals surface area contributed by atoms with Crippen LogP contribution < -0.4 is 5.32 Å². The third-order valence-corrected chi connectivity index (χ3v) is 6.40. The molecule has 0 spiro atoms. The van der Waals surface area contributed by atoms with Crippen LogP contribution in [0.3, 0.4) is 0 Å². The van der Waals surface area contributed by atoms with Crippen LogP contribution in [-0.4, -0.2) is 20.7 Å². The highest BCUT2D eigenvalue weighted by Gasteiger charge is 2.13. The van der Waals surface area contributed by atoms with Gasteiger partial charge in [-0.1, -0.05) is 42.5 Å². The van der Waals surface area contributed by atoms with Crippen LogP contribution in [0.5, 0.6) is 0 Å². The molecule has 4 aromatic rings. The number of aryl methyl sites for hydroxylation is 2. The van der Waals surface area contributed by atoms with Crippen LogP contribution in [0.1, 0.15) is 40.4 Å². The zero-order valence-electron chi connectivity index (χ0n) is 17.4. The minimum absolute atomic E-state index is 0.0747. The number of amides is 1. The summed E-state index contributed by atoms with van der Waals surface area (Å²) in [6.07, 6.45) is 2.14. The van der Waals surface area contributed by atoms with Gasteiger partial charge in [0.05, 0.1) is 27.5 Å². The molecule has 0 atom stereocenters. The second-order valence-corrected chi connectivity index (χ2v) is 8.61. The van der Waals surface area contributed by atoms with Gasteiger partial charge in [-0.25, -0.2) is 4.98 Å². The van der Waals surface area contributed by atoms with Gasteiger partial charge in [0.25, 0.3) is 0 Å². The van der Waals surface area contributed by atoms with E-state index >= 15 is 0 Å². The lowest BCUT2D eigenvalue weighted by atomic mass is 10.1. The van der Waals surface area contributed by atoms with Crippen LogP contribution in [0.4, 0.5) is 0 Å². The number of nitrogens with zero attached hydrogens (tertiary/aromatic N) is 3. The minimum Gasteiger partial charge on any atom is -0.352 e. The van der Waals surface area contributed by atoms with E-state index in [1.54, 1.807) is 11.3 Å². The normalized spacial score (nSPS) is 11.1. The predicted octanol–water partition coefficient (Wildman–Crippen LogP) is 4.80. The quantitative estimate of drug-likeness (QED) is 0.447. The van der Waals surface area contributed by atoms with Crippen molar-refractivity contribution in [3.63, 3.8) is 0 Å². The Morgan fingerprint density at radius 2 is 1.83 bits per heavy atom. The summed E-state index contributed by atoms with van der Waals surface area (Å²) in [5.74, 6) is 0.0747. The van der Waals surface area contributed by atoms with E-state index in [9.17, 15) is 4.79 Å². The summed E-state index contributed by atoms with van der Waals surface area (Å²) in [5.41, 5.74) is 5.43. The lowest BCUT2D eigenvalue weighted by Gasteiger charge is -2.07. The Morgan fingerprint density at radius 3 is 2.63 bits per heavy atom. The predicted molar refractivity (Wildman–Crippen MR) is 122 cm³/mol. The first-order valence-electron chi connectivity index (χ1n) is 10.3. The monoisotopic (exact) mass is 418 g/mol. The molecular formula is C24H26N4OS. The van der Waals surface area contributed by atoms with Gasteiger partial charge in [0.2, 0.25) is 5.91 Å². The largest absolute Gasteiger partial charge is 0.352 e. The standard InChI is InChI=1S/C24H26N4OS/c1-17-20(18(2)28(27-17)16-19-9-4-3-5-10-19)15-25-23(29)13-8-14-24-26-21-11-6-7-12-22(21)30-24/h3-7,9-12H,8,13-16H2,1-2H3,(H,25,29). The van der Waals surface area contributed by atoms with Crippen molar-refractivity contribution in [3.05, 3.63) is 82.1 Å². The van der Waals surface area contributed by atoms with Crippen molar-refractivity contribution in [1.82, 2.24) is 20.1 Å². The molecule has 1 amide bonds. The first-order valence-corrected chi connectivity index (χ1v) is 11.1. The Kier molecular flexibility index (Phi) is 6.23. The van der Waals surface area contributed by atoms with Crippen molar-refractivity contribution in [3.8, 4) is 0 Å². The second-order valence-electron chi connectivity index (χ2n) is 7.50. The number of hydrogen-bond donors (Lipinski definition) is 1. The number of benzene rings is 2. The Balaban J connectivity index is 1.28. The summed E-state index contributed by atoms with van der Waals surface area (Å²) in [7, 11) is 0. The number of nitrogens with one attached hydrogen (secondary N) is 1. The Morgan fingerprint density at radius 1 is 1.07 bits per heavy atom. The van der Waals surface area contributed by atoms with E-state index in [0.717, 1.165) is 46.9 Å². The molecule has 0 radical (unpaired) electrons. The van der Waals surface area contributed by atoms with Crippen LogP contribution in [0.15, 0.2) is 54.6 Å². The molecule has 6 heteroatoms. The molecular weight excluding hydrogens is 392 g/mol. The van der Waals surface area contributed by atoms with Crippen molar-refractivity contribution < 1.29 is 4.79 Å². The summed E-state index contributed by atoms with van der Waals surface area (Å²) in [5, 5.41) is 8.82. The molecule has 0 bridgehead atoms. The highest BCUT2D eigenvalue weighted by Crippen LogP contribution is 2.22. The molecule has 1 N–H and O–H groups in total. The average molecular weight is 419 g/mol. The Hall–Kier alpha value is -2.99. The maximum absolute atomic E-state index is 12.3. The molecule has 0 saturated carbocycles. The number of fused-ring (bicyclic) bond motifs is 1. The molecule has 2 heterocycles. The van der Waals surface area contributed by atoms with E-state index in [1.165, 1.54) is 10.3 Å². The van der Waals surface area contributed by atoms with Crippen LogP contribution in [0.2, 0.25) is 0 Å². The summed E-state index contributed by atoms with van der Waals surface area (Å²) in [4.78, 5) is 17.0. The van der Waals surface area contributed by atoms with Crippen molar-refractivity contribution in [2.75, 3.05) is 0 Å². The lowest BCUT2D eigenvalue weighted by Crippen LogP contribution is -2.23.